The third kappa shape index (κ3) is 4.41. The zero-order chi connectivity index (χ0) is 22.0. The topological polar surface area (TPSA) is 70.2 Å². The molecule has 0 aliphatic carbocycles. The molecule has 0 aromatic heterocycles. The van der Waals surface area contributed by atoms with Crippen molar-refractivity contribution in [2.45, 2.75) is 64.5 Å². The number of cyclic esters (lactones) is 1. The number of amides is 3. The Hall–Kier alpha value is -2.57. The fourth-order valence-electron chi connectivity index (χ4n) is 5.07. The SMILES string of the molecule is CC[C@H](C)[C@@H]1COC(=O)N1C1CCN(C(=O)CCC(=O)N2CCc3ccccc32)CC1. The lowest BCUT2D eigenvalue weighted by atomic mass is 9.95. The maximum atomic E-state index is 12.7. The van der Waals surface area contributed by atoms with E-state index in [1.54, 1.807) is 0 Å². The fraction of sp³-hybridized carbons (Fsp3) is 0.625. The third-order valence-electron chi connectivity index (χ3n) is 7.20. The number of hydrogen-bond acceptors (Lipinski definition) is 4. The van der Waals surface area contributed by atoms with Crippen LogP contribution in [0.1, 0.15) is 51.5 Å². The highest BCUT2D eigenvalue weighted by Crippen LogP contribution is 2.30. The first kappa shape index (κ1) is 21.7. The molecule has 0 N–H and O–H groups in total. The van der Waals surface area contributed by atoms with E-state index in [0.29, 0.717) is 32.2 Å². The molecule has 7 nitrogen and oxygen atoms in total. The van der Waals surface area contributed by atoms with Gasteiger partial charge in [-0.05, 0) is 36.8 Å². The highest BCUT2D eigenvalue weighted by atomic mass is 16.6. The fourth-order valence-corrected chi connectivity index (χ4v) is 5.07. The first-order valence-corrected chi connectivity index (χ1v) is 11.6. The molecule has 0 unspecified atom stereocenters. The van der Waals surface area contributed by atoms with Crippen molar-refractivity contribution in [3.05, 3.63) is 29.8 Å². The molecule has 3 amide bonds. The molecule has 2 atom stereocenters. The molecule has 3 heterocycles. The number of carbonyl (C=O) groups excluding carboxylic acids is 3. The normalized spacial score (nSPS) is 22.5. The zero-order valence-electron chi connectivity index (χ0n) is 18.6. The van der Waals surface area contributed by atoms with Gasteiger partial charge in [-0.1, -0.05) is 38.5 Å². The minimum absolute atomic E-state index is 0.0180. The van der Waals surface area contributed by atoms with Gasteiger partial charge in [0.1, 0.15) is 6.61 Å². The second-order valence-electron chi connectivity index (χ2n) is 8.97. The predicted octanol–water partition coefficient (Wildman–Crippen LogP) is 3.21. The van der Waals surface area contributed by atoms with Gasteiger partial charge in [0.05, 0.1) is 6.04 Å². The molecule has 0 bridgehead atoms. The van der Waals surface area contributed by atoms with E-state index in [-0.39, 0.29) is 42.8 Å². The van der Waals surface area contributed by atoms with Crippen molar-refractivity contribution in [3.8, 4) is 0 Å². The van der Waals surface area contributed by atoms with Crippen LogP contribution in [-0.4, -0.2) is 66.0 Å². The Labute approximate surface area is 184 Å². The Morgan fingerprint density at radius 3 is 2.55 bits per heavy atom. The summed E-state index contributed by atoms with van der Waals surface area (Å²) in [6.45, 7) is 6.71. The maximum absolute atomic E-state index is 12.7. The number of carbonyl (C=O) groups is 3. The number of benzene rings is 1. The van der Waals surface area contributed by atoms with Crippen LogP contribution in [0.2, 0.25) is 0 Å². The second-order valence-corrected chi connectivity index (χ2v) is 8.97. The van der Waals surface area contributed by atoms with Crippen LogP contribution in [0.15, 0.2) is 24.3 Å². The van der Waals surface area contributed by atoms with E-state index in [1.807, 2.05) is 32.9 Å². The summed E-state index contributed by atoms with van der Waals surface area (Å²) in [4.78, 5) is 43.3. The Morgan fingerprint density at radius 2 is 1.81 bits per heavy atom. The van der Waals surface area contributed by atoms with E-state index >= 15 is 0 Å². The zero-order valence-corrected chi connectivity index (χ0v) is 18.6. The van der Waals surface area contributed by atoms with Crippen molar-refractivity contribution < 1.29 is 19.1 Å². The van der Waals surface area contributed by atoms with Crippen LogP contribution >= 0.6 is 0 Å². The Kier molecular flexibility index (Phi) is 6.49. The van der Waals surface area contributed by atoms with Crippen molar-refractivity contribution >= 4 is 23.6 Å². The minimum atomic E-state index is -0.216. The van der Waals surface area contributed by atoms with Crippen LogP contribution in [-0.2, 0) is 20.7 Å². The molecular formula is C24H33N3O4. The van der Waals surface area contributed by atoms with Crippen molar-refractivity contribution in [2.75, 3.05) is 31.1 Å². The number of anilines is 1. The van der Waals surface area contributed by atoms with Crippen LogP contribution in [0.3, 0.4) is 0 Å². The highest BCUT2D eigenvalue weighted by molar-refractivity contribution is 5.97. The molecule has 168 valence electrons. The standard InChI is InChI=1S/C24H33N3O4/c1-3-17(2)21-16-31-24(30)27(21)19-11-13-25(14-12-19)22(28)8-9-23(29)26-15-10-18-6-4-5-7-20(18)26/h4-7,17,19,21H,3,8-16H2,1-2H3/t17-,21-/m0/s1. The van der Waals surface area contributed by atoms with Crippen LogP contribution in [0.25, 0.3) is 0 Å². The van der Waals surface area contributed by atoms with E-state index in [2.05, 4.69) is 19.9 Å². The molecule has 4 rings (SSSR count). The highest BCUT2D eigenvalue weighted by Gasteiger charge is 2.41. The summed E-state index contributed by atoms with van der Waals surface area (Å²) < 4.78 is 5.33. The average Bonchev–Trinajstić information content (AvgIpc) is 3.40. The van der Waals surface area contributed by atoms with Crippen molar-refractivity contribution in [3.63, 3.8) is 0 Å². The number of nitrogens with zero attached hydrogens (tertiary/aromatic N) is 3. The first-order valence-electron chi connectivity index (χ1n) is 11.6. The Morgan fingerprint density at radius 1 is 1.10 bits per heavy atom. The second kappa shape index (κ2) is 9.28. The lowest BCUT2D eigenvalue weighted by Gasteiger charge is -2.39. The summed E-state index contributed by atoms with van der Waals surface area (Å²) in [5.41, 5.74) is 2.18. The van der Waals surface area contributed by atoms with Gasteiger partial charge in [-0.3, -0.25) is 14.5 Å². The van der Waals surface area contributed by atoms with Gasteiger partial charge in [0.2, 0.25) is 11.8 Å². The molecule has 7 heteroatoms. The van der Waals surface area contributed by atoms with E-state index in [9.17, 15) is 14.4 Å². The molecule has 2 saturated heterocycles. The molecule has 2 fully saturated rings. The number of piperidine rings is 1. The van der Waals surface area contributed by atoms with Gasteiger partial charge in [0, 0.05) is 44.2 Å². The van der Waals surface area contributed by atoms with Crippen molar-refractivity contribution in [1.82, 2.24) is 9.80 Å². The molecule has 0 radical (unpaired) electrons. The number of ether oxygens (including phenoxy) is 1. The first-order chi connectivity index (χ1) is 15.0. The molecule has 3 aliphatic rings. The van der Waals surface area contributed by atoms with Crippen LogP contribution < -0.4 is 4.90 Å². The van der Waals surface area contributed by atoms with Gasteiger partial charge in [-0.15, -0.1) is 0 Å². The van der Waals surface area contributed by atoms with Crippen molar-refractivity contribution in [1.29, 1.82) is 0 Å². The largest absolute Gasteiger partial charge is 0.447 e. The van der Waals surface area contributed by atoms with Crippen LogP contribution in [0.5, 0.6) is 0 Å². The predicted molar refractivity (Wildman–Crippen MR) is 118 cm³/mol. The summed E-state index contributed by atoms with van der Waals surface area (Å²) >= 11 is 0. The number of likely N-dealkylation sites (tertiary alicyclic amines) is 1. The molecule has 1 aromatic rings. The summed E-state index contributed by atoms with van der Waals surface area (Å²) in [6.07, 6.45) is 3.67. The molecule has 31 heavy (non-hydrogen) atoms. The smallest absolute Gasteiger partial charge is 0.410 e. The van der Waals surface area contributed by atoms with E-state index in [1.165, 1.54) is 5.56 Å². The Bertz CT molecular complexity index is 834. The molecule has 0 saturated carbocycles. The monoisotopic (exact) mass is 427 g/mol. The summed E-state index contributed by atoms with van der Waals surface area (Å²) in [5.74, 6) is 0.444. The Balaban J connectivity index is 1.26. The number of fused-ring (bicyclic) bond motifs is 1. The van der Waals surface area contributed by atoms with Gasteiger partial charge in [-0.2, -0.15) is 0 Å². The summed E-state index contributed by atoms with van der Waals surface area (Å²) in [5, 5.41) is 0. The van der Waals surface area contributed by atoms with Crippen molar-refractivity contribution in [2.24, 2.45) is 5.92 Å². The quantitative estimate of drug-likeness (QED) is 0.699. The van der Waals surface area contributed by atoms with Gasteiger partial charge < -0.3 is 14.5 Å². The molecule has 0 spiro atoms. The number of rotatable bonds is 6. The molecular weight excluding hydrogens is 394 g/mol. The van der Waals surface area contributed by atoms with Crippen LogP contribution in [0, 0.1) is 5.92 Å². The third-order valence-corrected chi connectivity index (χ3v) is 7.20. The summed E-state index contributed by atoms with van der Waals surface area (Å²) in [7, 11) is 0. The minimum Gasteiger partial charge on any atom is -0.447 e. The number of para-hydroxylation sites is 1. The lowest BCUT2D eigenvalue weighted by Crippen LogP contribution is -2.51. The number of hydrogen-bond donors (Lipinski definition) is 0. The van der Waals surface area contributed by atoms with E-state index in [0.717, 1.165) is 31.4 Å². The average molecular weight is 428 g/mol. The van der Waals surface area contributed by atoms with E-state index < -0.39 is 0 Å². The van der Waals surface area contributed by atoms with Gasteiger partial charge in [0.15, 0.2) is 0 Å². The van der Waals surface area contributed by atoms with Gasteiger partial charge >= 0.3 is 6.09 Å². The maximum Gasteiger partial charge on any atom is 0.410 e. The van der Waals surface area contributed by atoms with Gasteiger partial charge in [0.25, 0.3) is 0 Å². The van der Waals surface area contributed by atoms with Gasteiger partial charge in [-0.25, -0.2) is 4.79 Å². The van der Waals surface area contributed by atoms with Crippen LogP contribution in [0.4, 0.5) is 10.5 Å². The summed E-state index contributed by atoms with van der Waals surface area (Å²) in [6, 6.07) is 8.23. The molecule has 3 aliphatic heterocycles. The molecule has 1 aromatic carbocycles. The van der Waals surface area contributed by atoms with E-state index in [4.69, 9.17) is 4.74 Å². The lowest BCUT2D eigenvalue weighted by molar-refractivity contribution is -0.134.